The maximum absolute atomic E-state index is 12.6. The molecule has 1 atom stereocenters. The lowest BCUT2D eigenvalue weighted by Gasteiger charge is -2.18. The van der Waals surface area contributed by atoms with Gasteiger partial charge in [-0.05, 0) is 55.4 Å². The average Bonchev–Trinajstić information content (AvgIpc) is 2.96. The van der Waals surface area contributed by atoms with Crippen molar-refractivity contribution in [1.82, 2.24) is 0 Å². The van der Waals surface area contributed by atoms with E-state index in [-0.39, 0.29) is 11.9 Å². The number of hydrogen-bond acceptors (Lipinski definition) is 4. The number of thiophene rings is 1. The van der Waals surface area contributed by atoms with Crippen LogP contribution in [0.1, 0.15) is 57.8 Å². The van der Waals surface area contributed by atoms with Crippen molar-refractivity contribution in [3.8, 4) is 0 Å². The number of anilines is 1. The number of esters is 1. The molecule has 0 fully saturated rings. The Morgan fingerprint density at radius 1 is 1.38 bits per heavy atom. The zero-order valence-corrected chi connectivity index (χ0v) is 16.5. The molecular formula is C20H22ClNO3S. The van der Waals surface area contributed by atoms with Crippen LogP contribution in [0.5, 0.6) is 0 Å². The Kier molecular flexibility index (Phi) is 5.99. The van der Waals surface area contributed by atoms with E-state index in [0.717, 1.165) is 31.2 Å². The smallest absolute Gasteiger partial charge is 0.341 e. The van der Waals surface area contributed by atoms with Crippen molar-refractivity contribution in [1.29, 1.82) is 0 Å². The first-order chi connectivity index (χ1) is 12.5. The molecule has 0 radical (unpaired) electrons. The third-order valence-corrected chi connectivity index (χ3v) is 5.87. The third-order valence-electron chi connectivity index (χ3n) is 4.47. The molecule has 0 spiro atoms. The molecule has 1 N–H and O–H groups in total. The average molecular weight is 392 g/mol. The first-order valence-corrected chi connectivity index (χ1v) is 10.1. The van der Waals surface area contributed by atoms with E-state index in [1.54, 1.807) is 24.3 Å². The monoisotopic (exact) mass is 391 g/mol. The highest BCUT2D eigenvalue weighted by Crippen LogP contribution is 2.40. The summed E-state index contributed by atoms with van der Waals surface area (Å²) in [7, 11) is 0. The fraction of sp³-hybridized carbons (Fsp3) is 0.400. The lowest BCUT2D eigenvalue weighted by molar-refractivity contribution is 0.0505. The van der Waals surface area contributed by atoms with Gasteiger partial charge in [-0.1, -0.05) is 31.5 Å². The third kappa shape index (κ3) is 4.10. The van der Waals surface area contributed by atoms with Crippen LogP contribution in [-0.2, 0) is 17.6 Å². The van der Waals surface area contributed by atoms with E-state index in [2.05, 4.69) is 12.2 Å². The standard InChI is InChI=1S/C20H22ClNO3S/c1-3-9-25-20(24)17-15-8-7-12(2)10-16(15)26-19(17)22-18(23)13-5-4-6-14(21)11-13/h4-6,11-12H,3,7-10H2,1-2H3,(H,22,23)/t12-/m0/s1. The minimum atomic E-state index is -0.347. The highest BCUT2D eigenvalue weighted by molar-refractivity contribution is 7.17. The summed E-state index contributed by atoms with van der Waals surface area (Å²) in [6.07, 6.45) is 3.58. The highest BCUT2D eigenvalue weighted by Gasteiger charge is 2.29. The van der Waals surface area contributed by atoms with Crippen LogP contribution in [0.2, 0.25) is 5.02 Å². The lowest BCUT2D eigenvalue weighted by atomic mass is 9.88. The van der Waals surface area contributed by atoms with Gasteiger partial charge in [-0.15, -0.1) is 11.3 Å². The molecule has 1 aromatic carbocycles. The number of halogens is 1. The Labute approximate surface area is 162 Å². The van der Waals surface area contributed by atoms with Crippen LogP contribution >= 0.6 is 22.9 Å². The summed E-state index contributed by atoms with van der Waals surface area (Å²) in [5, 5.41) is 3.98. The maximum atomic E-state index is 12.6. The highest BCUT2D eigenvalue weighted by atomic mass is 35.5. The molecule has 1 heterocycles. The van der Waals surface area contributed by atoms with E-state index in [9.17, 15) is 9.59 Å². The normalized spacial score (nSPS) is 16.0. The molecule has 1 amide bonds. The van der Waals surface area contributed by atoms with E-state index < -0.39 is 0 Å². The van der Waals surface area contributed by atoms with Crippen molar-refractivity contribution in [2.75, 3.05) is 11.9 Å². The van der Waals surface area contributed by atoms with Crippen LogP contribution in [0.4, 0.5) is 5.00 Å². The molecular weight excluding hydrogens is 370 g/mol. The summed E-state index contributed by atoms with van der Waals surface area (Å²) in [4.78, 5) is 26.4. The summed E-state index contributed by atoms with van der Waals surface area (Å²) in [5.41, 5.74) is 2.03. The fourth-order valence-corrected chi connectivity index (χ4v) is 4.71. The number of carbonyl (C=O) groups is 2. The Balaban J connectivity index is 1.92. The van der Waals surface area contributed by atoms with Crippen LogP contribution < -0.4 is 5.32 Å². The second-order valence-electron chi connectivity index (χ2n) is 6.66. The summed E-state index contributed by atoms with van der Waals surface area (Å²) >= 11 is 7.47. The first-order valence-electron chi connectivity index (χ1n) is 8.88. The molecule has 138 valence electrons. The van der Waals surface area contributed by atoms with E-state index in [0.29, 0.717) is 33.7 Å². The molecule has 0 bridgehead atoms. The second kappa shape index (κ2) is 8.23. The predicted octanol–water partition coefficient (Wildman–Crippen LogP) is 5.35. The zero-order valence-electron chi connectivity index (χ0n) is 14.9. The van der Waals surface area contributed by atoms with Crippen LogP contribution in [-0.4, -0.2) is 18.5 Å². The van der Waals surface area contributed by atoms with E-state index in [1.807, 2.05) is 6.92 Å². The number of fused-ring (bicyclic) bond motifs is 1. The van der Waals surface area contributed by atoms with Crippen molar-refractivity contribution in [3.63, 3.8) is 0 Å². The van der Waals surface area contributed by atoms with Crippen molar-refractivity contribution >= 4 is 39.8 Å². The van der Waals surface area contributed by atoms with Gasteiger partial charge in [0, 0.05) is 15.5 Å². The van der Waals surface area contributed by atoms with E-state index in [4.69, 9.17) is 16.3 Å². The summed E-state index contributed by atoms with van der Waals surface area (Å²) in [5.74, 6) is -0.0406. The number of hydrogen-bond donors (Lipinski definition) is 1. The van der Waals surface area contributed by atoms with E-state index in [1.165, 1.54) is 16.2 Å². The van der Waals surface area contributed by atoms with Crippen molar-refractivity contribution in [3.05, 3.63) is 50.9 Å². The molecule has 0 saturated heterocycles. The molecule has 0 aliphatic heterocycles. The molecule has 3 rings (SSSR count). The Hall–Kier alpha value is -1.85. The fourth-order valence-electron chi connectivity index (χ4n) is 3.13. The summed E-state index contributed by atoms with van der Waals surface area (Å²) in [6.45, 7) is 4.55. The molecule has 26 heavy (non-hydrogen) atoms. The van der Waals surface area contributed by atoms with Gasteiger partial charge in [0.15, 0.2) is 0 Å². The quantitative estimate of drug-likeness (QED) is 0.699. The lowest BCUT2D eigenvalue weighted by Crippen LogP contribution is -2.17. The minimum Gasteiger partial charge on any atom is -0.462 e. The van der Waals surface area contributed by atoms with Gasteiger partial charge in [0.25, 0.3) is 5.91 Å². The van der Waals surface area contributed by atoms with Crippen LogP contribution in [0.25, 0.3) is 0 Å². The number of ether oxygens (including phenoxy) is 1. The first kappa shape index (κ1) is 18.9. The van der Waals surface area contributed by atoms with Gasteiger partial charge in [-0.3, -0.25) is 4.79 Å². The number of rotatable bonds is 5. The topological polar surface area (TPSA) is 55.4 Å². The molecule has 0 unspecified atom stereocenters. The minimum absolute atomic E-state index is 0.274. The van der Waals surface area contributed by atoms with Gasteiger partial charge in [-0.2, -0.15) is 0 Å². The molecule has 6 heteroatoms. The summed E-state index contributed by atoms with van der Waals surface area (Å²) < 4.78 is 5.37. The largest absolute Gasteiger partial charge is 0.462 e. The molecule has 4 nitrogen and oxygen atoms in total. The van der Waals surface area contributed by atoms with Gasteiger partial charge in [0.1, 0.15) is 5.00 Å². The Morgan fingerprint density at radius 2 is 2.19 bits per heavy atom. The Bertz CT molecular complexity index is 830. The molecule has 1 aliphatic rings. The predicted molar refractivity (Wildman–Crippen MR) is 105 cm³/mol. The van der Waals surface area contributed by atoms with Crippen LogP contribution in [0, 0.1) is 5.92 Å². The number of benzene rings is 1. The van der Waals surface area contributed by atoms with E-state index >= 15 is 0 Å². The SMILES string of the molecule is CCCOC(=O)c1c(NC(=O)c2cccc(Cl)c2)sc2c1CC[C@H](C)C2. The molecule has 2 aromatic rings. The zero-order chi connectivity index (χ0) is 18.7. The van der Waals surface area contributed by atoms with Gasteiger partial charge < -0.3 is 10.1 Å². The Morgan fingerprint density at radius 3 is 2.92 bits per heavy atom. The molecule has 0 saturated carbocycles. The number of amides is 1. The number of carbonyl (C=O) groups excluding carboxylic acids is 2. The van der Waals surface area contributed by atoms with Crippen molar-refractivity contribution < 1.29 is 14.3 Å². The molecule has 1 aliphatic carbocycles. The summed E-state index contributed by atoms with van der Waals surface area (Å²) in [6, 6.07) is 6.76. The van der Waals surface area contributed by atoms with Crippen LogP contribution in [0.15, 0.2) is 24.3 Å². The molecule has 1 aromatic heterocycles. The van der Waals surface area contributed by atoms with Crippen LogP contribution in [0.3, 0.4) is 0 Å². The maximum Gasteiger partial charge on any atom is 0.341 e. The number of nitrogens with one attached hydrogen (secondary N) is 1. The second-order valence-corrected chi connectivity index (χ2v) is 8.20. The van der Waals surface area contributed by atoms with Gasteiger partial charge in [0.05, 0.1) is 12.2 Å². The van der Waals surface area contributed by atoms with Crippen molar-refractivity contribution in [2.45, 2.75) is 39.5 Å². The van der Waals surface area contributed by atoms with Gasteiger partial charge >= 0.3 is 5.97 Å². The van der Waals surface area contributed by atoms with Gasteiger partial charge in [-0.25, -0.2) is 4.79 Å². The van der Waals surface area contributed by atoms with Crippen molar-refractivity contribution in [2.24, 2.45) is 5.92 Å². The van der Waals surface area contributed by atoms with Gasteiger partial charge in [0.2, 0.25) is 0 Å².